The summed E-state index contributed by atoms with van der Waals surface area (Å²) in [4.78, 5) is 3.85. The van der Waals surface area contributed by atoms with Crippen molar-refractivity contribution in [3.05, 3.63) is 65.9 Å². The lowest BCUT2D eigenvalue weighted by Crippen LogP contribution is -2.17. The highest BCUT2D eigenvalue weighted by molar-refractivity contribution is 5.88. The number of hydrogen-bond donors (Lipinski definition) is 1. The van der Waals surface area contributed by atoms with Gasteiger partial charge in [0.05, 0.1) is 0 Å². The van der Waals surface area contributed by atoms with Gasteiger partial charge in [-0.1, -0.05) is 36.4 Å². The summed E-state index contributed by atoms with van der Waals surface area (Å²) in [5, 5.41) is 2.96. The van der Waals surface area contributed by atoms with Crippen molar-refractivity contribution in [3.8, 4) is 5.75 Å². The van der Waals surface area contributed by atoms with E-state index < -0.39 is 23.9 Å². The molecule has 3 rings (SSSR count). The van der Waals surface area contributed by atoms with E-state index in [1.165, 1.54) is 36.5 Å². The molecular weight excluding hydrogens is 374 g/mol. The number of rotatable bonds is 4. The third-order valence-corrected chi connectivity index (χ3v) is 3.70. The van der Waals surface area contributed by atoms with Crippen molar-refractivity contribution in [1.29, 1.82) is 0 Å². The molecule has 0 spiro atoms. The molecule has 0 bridgehead atoms. The molecule has 0 unspecified atom stereocenters. The van der Waals surface area contributed by atoms with Gasteiger partial charge in [-0.2, -0.15) is 13.2 Å². The third kappa shape index (κ3) is 4.60. The summed E-state index contributed by atoms with van der Waals surface area (Å²) in [6, 6.07) is 10.8. The normalized spacial score (nSPS) is 12.2. The molecule has 0 saturated carbocycles. The first-order valence-electron chi connectivity index (χ1n) is 7.67. The van der Waals surface area contributed by atoms with Crippen LogP contribution >= 0.6 is 0 Å². The van der Waals surface area contributed by atoms with Crippen LogP contribution in [0.4, 0.5) is 32.2 Å². The minimum Gasteiger partial charge on any atom is -0.406 e. The van der Waals surface area contributed by atoms with Crippen molar-refractivity contribution in [2.24, 2.45) is 0 Å². The molecule has 1 N–H and O–H groups in total. The van der Waals surface area contributed by atoms with Gasteiger partial charge in [0.1, 0.15) is 17.1 Å². The molecule has 142 valence electrons. The average Bonchev–Trinajstić information content (AvgIpc) is 2.58. The van der Waals surface area contributed by atoms with Crippen LogP contribution in [0.3, 0.4) is 0 Å². The van der Waals surface area contributed by atoms with E-state index in [1.54, 1.807) is 6.07 Å². The number of nitrogens with one attached hydrogen (secondary N) is 1. The molecule has 0 fully saturated rings. The van der Waals surface area contributed by atoms with Crippen LogP contribution in [0.5, 0.6) is 5.75 Å². The number of ether oxygens (including phenoxy) is 1. The lowest BCUT2D eigenvalue weighted by molar-refractivity contribution is -0.274. The zero-order valence-electron chi connectivity index (χ0n) is 13.5. The fraction of sp³-hybridized carbons (Fsp3) is 0.167. The molecule has 27 heavy (non-hydrogen) atoms. The number of alkyl halides is 6. The monoisotopic (exact) mass is 386 g/mol. The van der Waals surface area contributed by atoms with Crippen molar-refractivity contribution in [1.82, 2.24) is 4.98 Å². The van der Waals surface area contributed by atoms with E-state index in [-0.39, 0.29) is 17.7 Å². The van der Waals surface area contributed by atoms with E-state index in [0.717, 1.165) is 12.1 Å². The average molecular weight is 386 g/mol. The second-order valence-corrected chi connectivity index (χ2v) is 5.61. The molecule has 0 aliphatic carbocycles. The Hall–Kier alpha value is -2.97. The Morgan fingerprint density at radius 2 is 1.56 bits per heavy atom. The van der Waals surface area contributed by atoms with E-state index in [1.807, 2.05) is 0 Å². The Morgan fingerprint density at radius 3 is 2.19 bits per heavy atom. The van der Waals surface area contributed by atoms with Crippen LogP contribution in [0.15, 0.2) is 54.7 Å². The number of halogens is 6. The van der Waals surface area contributed by atoms with Gasteiger partial charge in [0, 0.05) is 18.1 Å². The highest BCUT2D eigenvalue weighted by Gasteiger charge is 2.36. The molecule has 0 saturated heterocycles. The molecule has 3 aromatic rings. The molecule has 0 atom stereocenters. The van der Waals surface area contributed by atoms with E-state index in [9.17, 15) is 26.3 Å². The van der Waals surface area contributed by atoms with Gasteiger partial charge >= 0.3 is 12.5 Å². The van der Waals surface area contributed by atoms with Crippen LogP contribution in [-0.2, 0) is 12.7 Å². The van der Waals surface area contributed by atoms with Crippen molar-refractivity contribution in [2.75, 3.05) is 5.32 Å². The highest BCUT2D eigenvalue weighted by Crippen LogP contribution is 2.39. The predicted octanol–water partition coefficient (Wildman–Crippen LogP) is 5.76. The number of benzene rings is 2. The molecular formula is C18H12F6N2O. The molecule has 9 heteroatoms. The van der Waals surface area contributed by atoms with Crippen LogP contribution in [0.2, 0.25) is 0 Å². The molecule has 3 nitrogen and oxygen atoms in total. The van der Waals surface area contributed by atoms with Crippen molar-refractivity contribution >= 4 is 16.6 Å². The Bertz CT molecular complexity index is 935. The van der Waals surface area contributed by atoms with E-state index in [2.05, 4.69) is 15.0 Å². The van der Waals surface area contributed by atoms with E-state index >= 15 is 0 Å². The Morgan fingerprint density at radius 1 is 0.889 bits per heavy atom. The molecule has 0 aliphatic heterocycles. The number of fused-ring (bicyclic) bond motifs is 1. The smallest absolute Gasteiger partial charge is 0.406 e. The molecule has 2 aromatic carbocycles. The summed E-state index contributed by atoms with van der Waals surface area (Å²) < 4.78 is 80.7. The number of pyridine rings is 1. The lowest BCUT2D eigenvalue weighted by atomic mass is 10.1. The van der Waals surface area contributed by atoms with E-state index in [0.29, 0.717) is 10.9 Å². The summed E-state index contributed by atoms with van der Waals surface area (Å²) in [5.41, 5.74) is -0.426. The Labute approximate surface area is 149 Å². The first-order valence-corrected chi connectivity index (χ1v) is 7.67. The number of nitrogens with zero attached hydrogens (tertiary/aromatic N) is 1. The second kappa shape index (κ2) is 6.98. The highest BCUT2D eigenvalue weighted by atomic mass is 19.4. The van der Waals surface area contributed by atoms with Crippen LogP contribution in [-0.4, -0.2) is 11.3 Å². The lowest BCUT2D eigenvalue weighted by Gasteiger charge is -2.16. The van der Waals surface area contributed by atoms with E-state index in [4.69, 9.17) is 0 Å². The maximum Gasteiger partial charge on any atom is 0.573 e. The van der Waals surface area contributed by atoms with Gasteiger partial charge < -0.3 is 10.1 Å². The second-order valence-electron chi connectivity index (χ2n) is 5.61. The molecule has 0 radical (unpaired) electrons. The van der Waals surface area contributed by atoms with Gasteiger partial charge in [0.2, 0.25) is 0 Å². The minimum atomic E-state index is -4.81. The SMILES string of the molecule is FC(F)(F)Oc1ccc(CNc2ncc3ccccc3c2C(F)(F)F)cc1. The summed E-state index contributed by atoms with van der Waals surface area (Å²) in [5.74, 6) is -0.761. The zero-order chi connectivity index (χ0) is 19.7. The molecule has 0 aliphatic rings. The topological polar surface area (TPSA) is 34.1 Å². The first-order chi connectivity index (χ1) is 12.6. The number of anilines is 1. The quantitative estimate of drug-likeness (QED) is 0.579. The Kier molecular flexibility index (Phi) is 4.86. The van der Waals surface area contributed by atoms with Crippen molar-refractivity contribution < 1.29 is 31.1 Å². The first kappa shape index (κ1) is 18.8. The van der Waals surface area contributed by atoms with Gasteiger partial charge in [0.25, 0.3) is 0 Å². The van der Waals surface area contributed by atoms with Crippen molar-refractivity contribution in [3.63, 3.8) is 0 Å². The third-order valence-electron chi connectivity index (χ3n) is 3.70. The standard InChI is InChI=1S/C18H12F6N2O/c19-17(20,21)15-14-4-2-1-3-12(14)10-26-16(15)25-9-11-5-7-13(8-6-11)27-18(22,23)24/h1-8,10H,9H2,(H,25,26). The van der Waals surface area contributed by atoms with Crippen molar-refractivity contribution in [2.45, 2.75) is 19.1 Å². The summed E-state index contributed by atoms with van der Waals surface area (Å²) in [7, 11) is 0. The largest absolute Gasteiger partial charge is 0.573 e. The Balaban J connectivity index is 1.83. The molecule has 1 heterocycles. The van der Waals surface area contributed by atoms with Gasteiger partial charge in [-0.15, -0.1) is 13.2 Å². The number of aromatic nitrogens is 1. The van der Waals surface area contributed by atoms with Crippen LogP contribution in [0.25, 0.3) is 10.8 Å². The van der Waals surface area contributed by atoms with Gasteiger partial charge in [-0.3, -0.25) is 0 Å². The minimum absolute atomic E-state index is 0.0106. The summed E-state index contributed by atoms with van der Waals surface area (Å²) in [6.45, 7) is -0.0548. The van der Waals surface area contributed by atoms with Crippen LogP contribution in [0.1, 0.15) is 11.1 Å². The maximum absolute atomic E-state index is 13.5. The fourth-order valence-electron chi connectivity index (χ4n) is 2.58. The van der Waals surface area contributed by atoms with Crippen LogP contribution in [0, 0.1) is 0 Å². The molecule has 1 aromatic heterocycles. The predicted molar refractivity (Wildman–Crippen MR) is 87.2 cm³/mol. The zero-order valence-corrected chi connectivity index (χ0v) is 13.5. The fourth-order valence-corrected chi connectivity index (χ4v) is 2.58. The number of hydrogen-bond acceptors (Lipinski definition) is 3. The summed E-state index contributed by atoms with van der Waals surface area (Å²) in [6.07, 6.45) is -8.11. The summed E-state index contributed by atoms with van der Waals surface area (Å²) >= 11 is 0. The maximum atomic E-state index is 13.5. The molecule has 0 amide bonds. The van der Waals surface area contributed by atoms with Gasteiger partial charge in [-0.05, 0) is 23.1 Å². The van der Waals surface area contributed by atoms with Gasteiger partial charge in [0.15, 0.2) is 0 Å². The van der Waals surface area contributed by atoms with Crippen LogP contribution < -0.4 is 10.1 Å². The van der Waals surface area contributed by atoms with Gasteiger partial charge in [-0.25, -0.2) is 4.98 Å².